The smallest absolute Gasteiger partial charge is 0.311 e. The monoisotopic (exact) mass is 442 g/mol. The Bertz CT molecular complexity index is 969. The van der Waals surface area contributed by atoms with E-state index in [0.29, 0.717) is 17.9 Å². The van der Waals surface area contributed by atoms with Crippen molar-refractivity contribution in [3.8, 4) is 11.5 Å². The normalized spacial score (nSPS) is 24.0. The average molecular weight is 443 g/mol. The number of methoxy groups -OCH3 is 1. The number of ether oxygens (including phenoxy) is 2. The van der Waals surface area contributed by atoms with Gasteiger partial charge in [0.05, 0.1) is 12.5 Å². The van der Waals surface area contributed by atoms with Crippen LogP contribution in [0.5, 0.6) is 11.5 Å². The van der Waals surface area contributed by atoms with Gasteiger partial charge in [0.15, 0.2) is 11.5 Å². The van der Waals surface area contributed by atoms with Crippen LogP contribution in [-0.4, -0.2) is 60.7 Å². The average Bonchev–Trinajstić information content (AvgIpc) is 2.78. The van der Waals surface area contributed by atoms with E-state index in [2.05, 4.69) is 9.80 Å². The summed E-state index contributed by atoms with van der Waals surface area (Å²) in [6.07, 6.45) is 2.37. The highest BCUT2D eigenvalue weighted by Crippen LogP contribution is 2.42. The molecule has 2 fully saturated rings. The van der Waals surface area contributed by atoms with Gasteiger partial charge in [0, 0.05) is 19.1 Å². The van der Waals surface area contributed by atoms with Crippen LogP contribution in [-0.2, 0) is 17.9 Å². The number of piperidine rings is 2. The number of benzene rings is 2. The van der Waals surface area contributed by atoms with Gasteiger partial charge >= 0.3 is 5.97 Å². The molecule has 6 nitrogen and oxygen atoms in total. The first-order valence-electron chi connectivity index (χ1n) is 11.1. The first-order valence-corrected chi connectivity index (χ1v) is 11.1. The number of hydrogen-bond donors (Lipinski definition) is 1. The van der Waals surface area contributed by atoms with Gasteiger partial charge in [-0.25, -0.2) is 4.39 Å². The number of nitrogens with zero attached hydrogens (tertiary/aromatic N) is 2. The Kier molecular flexibility index (Phi) is 6.67. The number of halogens is 1. The van der Waals surface area contributed by atoms with Gasteiger partial charge in [0.2, 0.25) is 0 Å². The maximum absolute atomic E-state index is 13.4. The maximum Gasteiger partial charge on any atom is 0.311 e. The number of carboxylic acids is 1. The van der Waals surface area contributed by atoms with E-state index in [4.69, 9.17) is 9.47 Å². The number of likely N-dealkylation sites (tertiary alicyclic amines) is 2. The van der Waals surface area contributed by atoms with E-state index in [0.717, 1.165) is 50.1 Å². The van der Waals surface area contributed by atoms with Crippen molar-refractivity contribution in [1.29, 1.82) is 0 Å². The topological polar surface area (TPSA) is 62.2 Å². The zero-order chi connectivity index (χ0) is 22.7. The summed E-state index contributed by atoms with van der Waals surface area (Å²) in [4.78, 5) is 16.7. The minimum atomic E-state index is -0.657. The number of rotatable bonds is 7. The third kappa shape index (κ3) is 4.59. The van der Waals surface area contributed by atoms with Gasteiger partial charge in [0.25, 0.3) is 0 Å². The van der Waals surface area contributed by atoms with Crippen LogP contribution in [0.15, 0.2) is 42.5 Å². The zero-order valence-corrected chi connectivity index (χ0v) is 18.7. The van der Waals surface area contributed by atoms with Crippen LogP contribution in [0.25, 0.3) is 0 Å². The fourth-order valence-corrected chi connectivity index (χ4v) is 5.16. The maximum atomic E-state index is 13.4. The summed E-state index contributed by atoms with van der Waals surface area (Å²) < 4.78 is 24.8. The second-order valence-electron chi connectivity index (χ2n) is 8.95. The molecule has 32 heavy (non-hydrogen) atoms. The fraction of sp³-hybridized carbons (Fsp3) is 0.480. The quantitative estimate of drug-likeness (QED) is 0.704. The number of aliphatic carboxylic acids is 1. The van der Waals surface area contributed by atoms with Crippen LogP contribution in [0.3, 0.4) is 0 Å². The number of fused-ring (bicyclic) bond motifs is 1. The van der Waals surface area contributed by atoms with E-state index in [1.807, 2.05) is 31.3 Å². The van der Waals surface area contributed by atoms with Crippen molar-refractivity contribution in [2.75, 3.05) is 33.8 Å². The summed E-state index contributed by atoms with van der Waals surface area (Å²) in [5, 5.41) is 9.97. The third-order valence-corrected chi connectivity index (χ3v) is 6.95. The molecule has 2 atom stereocenters. The van der Waals surface area contributed by atoms with Crippen molar-refractivity contribution < 1.29 is 23.8 Å². The standard InChI is InChI=1S/C25H31FN2O4/c1-27-11-4-9-25(24(29)30)10-12-28(16-23(25)27)15-18-7-8-21(22(14-18)31-2)32-17-19-5-3-6-20(26)13-19/h3,5-8,13-14,23H,4,9-12,15-17H2,1-2H3,(H,29,30)/t23-,25+/m1/s1. The van der Waals surface area contributed by atoms with Gasteiger partial charge in [-0.15, -0.1) is 0 Å². The van der Waals surface area contributed by atoms with Crippen molar-refractivity contribution in [3.63, 3.8) is 0 Å². The highest BCUT2D eigenvalue weighted by atomic mass is 19.1. The van der Waals surface area contributed by atoms with E-state index in [1.165, 1.54) is 12.1 Å². The first kappa shape index (κ1) is 22.6. The van der Waals surface area contributed by atoms with Crippen LogP contribution in [0.2, 0.25) is 0 Å². The van der Waals surface area contributed by atoms with Crippen LogP contribution >= 0.6 is 0 Å². The minimum Gasteiger partial charge on any atom is -0.493 e. The second-order valence-corrected chi connectivity index (χ2v) is 8.95. The molecule has 0 aromatic heterocycles. The van der Waals surface area contributed by atoms with Crippen LogP contribution in [0.1, 0.15) is 30.4 Å². The van der Waals surface area contributed by atoms with Gasteiger partial charge < -0.3 is 19.5 Å². The molecule has 2 aliphatic rings. The summed E-state index contributed by atoms with van der Waals surface area (Å²) in [6.45, 7) is 3.42. The van der Waals surface area contributed by atoms with Crippen LogP contribution in [0, 0.1) is 11.2 Å². The molecular formula is C25H31FN2O4. The van der Waals surface area contributed by atoms with Crippen molar-refractivity contribution in [3.05, 3.63) is 59.4 Å². The molecule has 2 aliphatic heterocycles. The largest absolute Gasteiger partial charge is 0.493 e. The number of hydrogen-bond acceptors (Lipinski definition) is 5. The summed E-state index contributed by atoms with van der Waals surface area (Å²) in [5.41, 5.74) is 1.21. The molecule has 0 unspecified atom stereocenters. The Hall–Kier alpha value is -2.64. The molecule has 1 N–H and O–H groups in total. The zero-order valence-electron chi connectivity index (χ0n) is 18.7. The Balaban J connectivity index is 1.43. The highest BCUT2D eigenvalue weighted by Gasteiger charge is 2.52. The summed E-state index contributed by atoms with van der Waals surface area (Å²) in [6, 6.07) is 12.2. The predicted molar refractivity (Wildman–Crippen MR) is 119 cm³/mol. The Morgan fingerprint density at radius 1 is 1.16 bits per heavy atom. The molecule has 7 heteroatoms. The first-order chi connectivity index (χ1) is 15.4. The molecular weight excluding hydrogens is 411 g/mol. The summed E-state index contributed by atoms with van der Waals surface area (Å²) in [5.74, 6) is 0.294. The predicted octanol–water partition coefficient (Wildman–Crippen LogP) is 3.78. The molecule has 0 saturated carbocycles. The lowest BCUT2D eigenvalue weighted by atomic mass is 9.68. The molecule has 0 amide bonds. The van der Waals surface area contributed by atoms with Crippen LogP contribution < -0.4 is 9.47 Å². The minimum absolute atomic E-state index is 0.0262. The number of likely N-dealkylation sites (N-methyl/N-ethyl adjacent to an activating group) is 1. The Morgan fingerprint density at radius 3 is 2.75 bits per heavy atom. The van der Waals surface area contributed by atoms with Crippen molar-refractivity contribution in [2.24, 2.45) is 5.41 Å². The van der Waals surface area contributed by atoms with Gasteiger partial charge in [-0.3, -0.25) is 9.69 Å². The lowest BCUT2D eigenvalue weighted by molar-refractivity contribution is -0.162. The van der Waals surface area contributed by atoms with Crippen molar-refractivity contribution in [2.45, 2.75) is 38.5 Å². The molecule has 172 valence electrons. The van der Waals surface area contributed by atoms with Gasteiger partial charge in [-0.05, 0) is 74.8 Å². The van der Waals surface area contributed by atoms with Gasteiger partial charge in [0.1, 0.15) is 12.4 Å². The lowest BCUT2D eigenvalue weighted by Gasteiger charge is -2.51. The van der Waals surface area contributed by atoms with Crippen molar-refractivity contribution >= 4 is 5.97 Å². The Morgan fingerprint density at radius 2 is 2.00 bits per heavy atom. The van der Waals surface area contributed by atoms with E-state index >= 15 is 0 Å². The second kappa shape index (κ2) is 9.46. The van der Waals surface area contributed by atoms with E-state index in [1.54, 1.807) is 13.2 Å². The number of carbonyl (C=O) groups is 1. The molecule has 2 aromatic carbocycles. The van der Waals surface area contributed by atoms with Gasteiger partial charge in [-0.1, -0.05) is 18.2 Å². The van der Waals surface area contributed by atoms with E-state index in [9.17, 15) is 14.3 Å². The molecule has 0 aliphatic carbocycles. The number of carboxylic acid groups (broad SMARTS) is 1. The SMILES string of the molecule is COc1cc(CN2CC[C@@]3(C(=O)O)CCCN(C)[C@@H]3C2)ccc1OCc1cccc(F)c1. The molecule has 0 radical (unpaired) electrons. The summed E-state index contributed by atoms with van der Waals surface area (Å²) in [7, 11) is 3.64. The molecule has 0 spiro atoms. The lowest BCUT2D eigenvalue weighted by Crippen LogP contribution is -2.62. The van der Waals surface area contributed by atoms with E-state index < -0.39 is 11.4 Å². The highest BCUT2D eigenvalue weighted by molar-refractivity contribution is 5.76. The third-order valence-electron chi connectivity index (χ3n) is 6.95. The Labute approximate surface area is 188 Å². The molecule has 2 saturated heterocycles. The molecule has 4 rings (SSSR count). The van der Waals surface area contributed by atoms with Crippen molar-refractivity contribution in [1.82, 2.24) is 9.80 Å². The summed E-state index contributed by atoms with van der Waals surface area (Å²) >= 11 is 0. The van der Waals surface area contributed by atoms with E-state index in [-0.39, 0.29) is 18.5 Å². The molecule has 2 heterocycles. The van der Waals surface area contributed by atoms with Gasteiger partial charge in [-0.2, -0.15) is 0 Å². The molecule has 0 bridgehead atoms. The van der Waals surface area contributed by atoms with Crippen LogP contribution in [0.4, 0.5) is 4.39 Å². The molecule has 2 aromatic rings. The fourth-order valence-electron chi connectivity index (χ4n) is 5.16.